The third-order valence-corrected chi connectivity index (χ3v) is 3.51. The second kappa shape index (κ2) is 8.17. The van der Waals surface area contributed by atoms with Crippen LogP contribution in [0.4, 0.5) is 8.78 Å². The highest BCUT2D eigenvalue weighted by Crippen LogP contribution is 2.15. The minimum atomic E-state index is -0.958. The first kappa shape index (κ1) is 16.9. The molecule has 3 atom stereocenters. The Morgan fingerprint density at radius 1 is 1.25 bits per heavy atom. The molecule has 0 amide bonds. The van der Waals surface area contributed by atoms with Gasteiger partial charge in [0, 0.05) is 18.7 Å². The molecule has 0 aliphatic rings. The molecule has 0 saturated carbocycles. The lowest BCUT2D eigenvalue weighted by Crippen LogP contribution is -2.39. The molecule has 1 aromatic carbocycles. The monoisotopic (exact) mass is 287 g/mol. The number of hydrogen-bond acceptors (Lipinski definition) is 3. The van der Waals surface area contributed by atoms with E-state index in [2.05, 4.69) is 26.1 Å². The van der Waals surface area contributed by atoms with Crippen molar-refractivity contribution in [3.05, 3.63) is 29.8 Å². The van der Waals surface area contributed by atoms with Gasteiger partial charge in [-0.15, -0.1) is 0 Å². The molecule has 3 unspecified atom stereocenters. The van der Waals surface area contributed by atoms with E-state index in [4.69, 9.17) is 4.74 Å². The van der Waals surface area contributed by atoms with Crippen molar-refractivity contribution in [3.8, 4) is 5.75 Å². The maximum Gasteiger partial charge on any atom is 0.162 e. The van der Waals surface area contributed by atoms with Crippen LogP contribution in [0.1, 0.15) is 27.2 Å². The highest BCUT2D eigenvalue weighted by molar-refractivity contribution is 5.23. The Hall–Kier alpha value is -1.20. The minimum absolute atomic E-state index is 0.0330. The lowest BCUT2D eigenvalue weighted by Gasteiger charge is -2.22. The van der Waals surface area contributed by atoms with E-state index in [0.29, 0.717) is 18.5 Å². The molecule has 5 heteroatoms. The summed E-state index contributed by atoms with van der Waals surface area (Å²) in [5.74, 6) is -1.14. The van der Waals surface area contributed by atoms with Gasteiger partial charge in [-0.05, 0) is 25.0 Å². The second-order valence-corrected chi connectivity index (χ2v) is 5.12. The maximum atomic E-state index is 13.0. The molecule has 0 aliphatic heterocycles. The van der Waals surface area contributed by atoms with Crippen LogP contribution in [0.3, 0.4) is 0 Å². The number of halogens is 2. The van der Waals surface area contributed by atoms with Gasteiger partial charge >= 0.3 is 0 Å². The molecule has 3 nitrogen and oxygen atoms in total. The summed E-state index contributed by atoms with van der Waals surface area (Å²) in [6.07, 6.45) is 0.366. The number of rotatable bonds is 8. The predicted molar refractivity (Wildman–Crippen MR) is 74.8 cm³/mol. The predicted octanol–water partition coefficient (Wildman–Crippen LogP) is 2.73. The zero-order valence-electron chi connectivity index (χ0n) is 12.2. The number of aliphatic hydroxyl groups excluding tert-OH is 1. The van der Waals surface area contributed by atoms with Crippen molar-refractivity contribution in [1.82, 2.24) is 5.32 Å². The number of ether oxygens (including phenoxy) is 1. The quantitative estimate of drug-likeness (QED) is 0.772. The lowest BCUT2D eigenvalue weighted by molar-refractivity contribution is 0.102. The molecule has 0 bridgehead atoms. The van der Waals surface area contributed by atoms with Gasteiger partial charge < -0.3 is 15.2 Å². The van der Waals surface area contributed by atoms with E-state index in [-0.39, 0.29) is 12.4 Å². The van der Waals surface area contributed by atoms with Gasteiger partial charge in [0.15, 0.2) is 11.6 Å². The van der Waals surface area contributed by atoms with Gasteiger partial charge in [-0.3, -0.25) is 0 Å². The number of benzene rings is 1. The van der Waals surface area contributed by atoms with Crippen LogP contribution >= 0.6 is 0 Å². The van der Waals surface area contributed by atoms with E-state index in [1.165, 1.54) is 6.07 Å². The first-order valence-corrected chi connectivity index (χ1v) is 6.93. The Morgan fingerprint density at radius 2 is 1.95 bits per heavy atom. The van der Waals surface area contributed by atoms with Crippen LogP contribution in [-0.2, 0) is 0 Å². The van der Waals surface area contributed by atoms with Gasteiger partial charge in [0.25, 0.3) is 0 Å². The molecule has 0 aliphatic carbocycles. The Balaban J connectivity index is 2.32. The van der Waals surface area contributed by atoms with Gasteiger partial charge in [0.05, 0.1) is 0 Å². The molecule has 0 radical (unpaired) electrons. The van der Waals surface area contributed by atoms with Gasteiger partial charge in [-0.2, -0.15) is 0 Å². The summed E-state index contributed by atoms with van der Waals surface area (Å²) in [5.41, 5.74) is 0. The normalized spacial score (nSPS) is 15.7. The number of nitrogens with one attached hydrogen (secondary N) is 1. The molecule has 0 aromatic heterocycles. The Labute approximate surface area is 119 Å². The summed E-state index contributed by atoms with van der Waals surface area (Å²) in [6, 6.07) is 3.61. The zero-order chi connectivity index (χ0) is 15.1. The molecule has 20 heavy (non-hydrogen) atoms. The molecular formula is C15H23F2NO2. The Morgan fingerprint density at radius 3 is 2.55 bits per heavy atom. The van der Waals surface area contributed by atoms with Gasteiger partial charge in [-0.25, -0.2) is 8.78 Å². The maximum absolute atomic E-state index is 13.0. The van der Waals surface area contributed by atoms with Crippen molar-refractivity contribution in [2.24, 2.45) is 5.92 Å². The van der Waals surface area contributed by atoms with E-state index < -0.39 is 17.7 Å². The fraction of sp³-hybridized carbons (Fsp3) is 0.600. The van der Waals surface area contributed by atoms with Crippen molar-refractivity contribution in [2.75, 3.05) is 13.2 Å². The summed E-state index contributed by atoms with van der Waals surface area (Å²) in [4.78, 5) is 0. The van der Waals surface area contributed by atoms with Gasteiger partial charge in [-0.1, -0.05) is 20.3 Å². The van der Waals surface area contributed by atoms with Crippen molar-refractivity contribution < 1.29 is 18.6 Å². The largest absolute Gasteiger partial charge is 0.491 e. The number of aliphatic hydroxyl groups is 1. The summed E-state index contributed by atoms with van der Waals surface area (Å²) in [6.45, 7) is 6.75. The molecule has 0 spiro atoms. The topological polar surface area (TPSA) is 41.5 Å². The Kier molecular flexibility index (Phi) is 6.88. The fourth-order valence-electron chi connectivity index (χ4n) is 1.69. The van der Waals surface area contributed by atoms with E-state index in [9.17, 15) is 13.9 Å². The first-order chi connectivity index (χ1) is 9.43. The van der Waals surface area contributed by atoms with Gasteiger partial charge in [0.1, 0.15) is 18.5 Å². The summed E-state index contributed by atoms with van der Waals surface area (Å²) >= 11 is 0. The SMILES string of the molecule is CCC(C)C(C)NCC(O)COc1ccc(F)c(F)c1. The molecule has 0 saturated heterocycles. The standard InChI is InChI=1S/C15H23F2NO2/c1-4-10(2)11(3)18-8-12(19)9-20-13-5-6-14(16)15(17)7-13/h5-7,10-12,18-19H,4,8-9H2,1-3H3. The molecule has 1 rings (SSSR count). The average Bonchev–Trinajstić information content (AvgIpc) is 2.45. The lowest BCUT2D eigenvalue weighted by atomic mass is 10.0. The highest BCUT2D eigenvalue weighted by Gasteiger charge is 2.12. The van der Waals surface area contributed by atoms with E-state index in [1.807, 2.05) is 0 Å². The van der Waals surface area contributed by atoms with E-state index in [1.54, 1.807) is 0 Å². The van der Waals surface area contributed by atoms with Crippen LogP contribution in [0.15, 0.2) is 18.2 Å². The minimum Gasteiger partial charge on any atom is -0.491 e. The molecule has 0 heterocycles. The van der Waals surface area contributed by atoms with Crippen LogP contribution < -0.4 is 10.1 Å². The van der Waals surface area contributed by atoms with Crippen LogP contribution in [-0.4, -0.2) is 30.4 Å². The number of hydrogen-bond donors (Lipinski definition) is 2. The van der Waals surface area contributed by atoms with Crippen molar-refractivity contribution >= 4 is 0 Å². The van der Waals surface area contributed by atoms with E-state index in [0.717, 1.165) is 18.6 Å². The zero-order valence-corrected chi connectivity index (χ0v) is 12.2. The van der Waals surface area contributed by atoms with Crippen LogP contribution in [0.2, 0.25) is 0 Å². The average molecular weight is 287 g/mol. The molecule has 1 aromatic rings. The summed E-state index contributed by atoms with van der Waals surface area (Å²) < 4.78 is 30.9. The Bertz CT molecular complexity index is 415. The van der Waals surface area contributed by atoms with E-state index >= 15 is 0 Å². The second-order valence-electron chi connectivity index (χ2n) is 5.12. The van der Waals surface area contributed by atoms with Crippen molar-refractivity contribution in [2.45, 2.75) is 39.3 Å². The molecule has 2 N–H and O–H groups in total. The van der Waals surface area contributed by atoms with Crippen LogP contribution in [0, 0.1) is 17.6 Å². The third-order valence-electron chi connectivity index (χ3n) is 3.51. The smallest absolute Gasteiger partial charge is 0.162 e. The fourth-order valence-corrected chi connectivity index (χ4v) is 1.69. The summed E-state index contributed by atoms with van der Waals surface area (Å²) in [5, 5.41) is 13.0. The third kappa shape index (κ3) is 5.43. The van der Waals surface area contributed by atoms with Crippen LogP contribution in [0.5, 0.6) is 5.75 Å². The molecule has 0 fully saturated rings. The van der Waals surface area contributed by atoms with Crippen molar-refractivity contribution in [1.29, 1.82) is 0 Å². The first-order valence-electron chi connectivity index (χ1n) is 6.93. The molecule has 114 valence electrons. The highest BCUT2D eigenvalue weighted by atomic mass is 19.2. The molecular weight excluding hydrogens is 264 g/mol. The van der Waals surface area contributed by atoms with Crippen molar-refractivity contribution in [3.63, 3.8) is 0 Å². The van der Waals surface area contributed by atoms with Crippen LogP contribution in [0.25, 0.3) is 0 Å². The summed E-state index contributed by atoms with van der Waals surface area (Å²) in [7, 11) is 0. The van der Waals surface area contributed by atoms with Gasteiger partial charge in [0.2, 0.25) is 0 Å².